The third-order valence-corrected chi connectivity index (χ3v) is 2.72. The summed E-state index contributed by atoms with van der Waals surface area (Å²) < 4.78 is 0. The number of allylic oxidation sites excluding steroid dienone is 4. The molecule has 19 heavy (non-hydrogen) atoms. The van der Waals surface area contributed by atoms with Gasteiger partial charge in [0.25, 0.3) is 11.5 Å². The molecule has 0 unspecified atom stereocenters. The first kappa shape index (κ1) is 12.8. The zero-order valence-electron chi connectivity index (χ0n) is 10.7. The normalized spacial score (nSPS) is 17.7. The summed E-state index contributed by atoms with van der Waals surface area (Å²) in [6.45, 7) is 3.57. The molecule has 1 aliphatic rings. The molecule has 0 saturated carbocycles. The topological polar surface area (TPSA) is 90.1 Å². The number of hydrogen-bond acceptors (Lipinski definition) is 3. The quantitative estimate of drug-likeness (QED) is 0.558. The summed E-state index contributed by atoms with van der Waals surface area (Å²) in [5, 5.41) is 9.05. The number of aromatic nitrogens is 2. The van der Waals surface area contributed by atoms with Crippen LogP contribution in [0.5, 0.6) is 0 Å². The Balaban J connectivity index is 2.06. The largest absolute Gasteiger partial charge is 0.302 e. The van der Waals surface area contributed by atoms with E-state index in [-0.39, 0.29) is 11.5 Å². The molecule has 0 spiro atoms. The number of H-pyrrole nitrogens is 2. The third-order valence-electron chi connectivity index (χ3n) is 2.72. The lowest BCUT2D eigenvalue weighted by molar-refractivity contribution is -0.116. The highest BCUT2D eigenvalue weighted by atomic mass is 16.2. The number of carbonyl (C=O) groups is 1. The molecule has 0 aliphatic carbocycles. The smallest absolute Gasteiger partial charge is 0.273 e. The van der Waals surface area contributed by atoms with E-state index in [1.807, 2.05) is 6.92 Å². The summed E-state index contributed by atoms with van der Waals surface area (Å²) in [5.74, 6) is -0.205. The van der Waals surface area contributed by atoms with Gasteiger partial charge in [0.05, 0.1) is 16.8 Å². The standard InChI is InChI=1S/C13H14N4O2/c1-8-10(12(18)16-14-8)6-4-3-5-7-11-9(2)15-17-13(11)19/h3-7H,1-2H3,(H,16,18)(H2,15,17,19)/b4-3+,7-5+,10-6-. The molecule has 1 amide bonds. The van der Waals surface area contributed by atoms with Gasteiger partial charge in [-0.3, -0.25) is 14.7 Å². The first-order valence-corrected chi connectivity index (χ1v) is 5.77. The Morgan fingerprint density at radius 2 is 1.84 bits per heavy atom. The maximum Gasteiger partial charge on any atom is 0.273 e. The first-order valence-electron chi connectivity index (χ1n) is 5.77. The van der Waals surface area contributed by atoms with E-state index in [9.17, 15) is 9.59 Å². The Morgan fingerprint density at radius 3 is 2.42 bits per heavy atom. The molecule has 0 aromatic carbocycles. The average Bonchev–Trinajstić information content (AvgIpc) is 2.86. The van der Waals surface area contributed by atoms with Crippen molar-refractivity contribution in [3.63, 3.8) is 0 Å². The molecule has 6 nitrogen and oxygen atoms in total. The number of hydrogen-bond donors (Lipinski definition) is 3. The lowest BCUT2D eigenvalue weighted by Crippen LogP contribution is -2.12. The zero-order valence-corrected chi connectivity index (χ0v) is 10.7. The maximum atomic E-state index is 11.4. The van der Waals surface area contributed by atoms with Crippen LogP contribution in [0.25, 0.3) is 6.08 Å². The monoisotopic (exact) mass is 258 g/mol. The molecule has 3 N–H and O–H groups in total. The van der Waals surface area contributed by atoms with Crippen LogP contribution >= 0.6 is 0 Å². The van der Waals surface area contributed by atoms with Gasteiger partial charge < -0.3 is 5.10 Å². The van der Waals surface area contributed by atoms with Gasteiger partial charge in [0.2, 0.25) is 0 Å². The minimum absolute atomic E-state index is 0.154. The Labute approximate surface area is 109 Å². The summed E-state index contributed by atoms with van der Waals surface area (Å²) in [6, 6.07) is 0. The van der Waals surface area contributed by atoms with Gasteiger partial charge >= 0.3 is 0 Å². The maximum absolute atomic E-state index is 11.4. The number of nitrogens with one attached hydrogen (secondary N) is 3. The van der Waals surface area contributed by atoms with Gasteiger partial charge in [-0.15, -0.1) is 0 Å². The fourth-order valence-corrected chi connectivity index (χ4v) is 1.64. The second-order valence-electron chi connectivity index (χ2n) is 4.08. The summed E-state index contributed by atoms with van der Waals surface area (Å²) in [5.41, 5.74) is 4.80. The average molecular weight is 258 g/mol. The van der Waals surface area contributed by atoms with Gasteiger partial charge in [-0.05, 0) is 26.0 Å². The number of nitrogens with zero attached hydrogens (tertiary/aromatic N) is 1. The van der Waals surface area contributed by atoms with Crippen molar-refractivity contribution in [3.05, 3.63) is 51.5 Å². The molecule has 0 atom stereocenters. The van der Waals surface area contributed by atoms with E-state index in [0.717, 1.165) is 5.69 Å². The molecular formula is C13H14N4O2. The Kier molecular flexibility index (Phi) is 3.61. The van der Waals surface area contributed by atoms with Crippen LogP contribution in [0.3, 0.4) is 0 Å². The third kappa shape index (κ3) is 2.79. The van der Waals surface area contributed by atoms with Crippen LogP contribution in [0.1, 0.15) is 18.2 Å². The van der Waals surface area contributed by atoms with Crippen molar-refractivity contribution >= 4 is 17.7 Å². The van der Waals surface area contributed by atoms with Crippen LogP contribution in [-0.4, -0.2) is 21.8 Å². The van der Waals surface area contributed by atoms with E-state index in [4.69, 9.17) is 0 Å². The fourth-order valence-electron chi connectivity index (χ4n) is 1.64. The molecule has 0 bridgehead atoms. The van der Waals surface area contributed by atoms with Crippen molar-refractivity contribution in [1.82, 2.24) is 15.6 Å². The highest BCUT2D eigenvalue weighted by Crippen LogP contribution is 2.05. The van der Waals surface area contributed by atoms with Gasteiger partial charge in [0.1, 0.15) is 0 Å². The van der Waals surface area contributed by atoms with Crippen LogP contribution in [0.15, 0.2) is 39.8 Å². The van der Waals surface area contributed by atoms with Crippen molar-refractivity contribution in [1.29, 1.82) is 0 Å². The van der Waals surface area contributed by atoms with E-state index in [0.29, 0.717) is 16.8 Å². The lowest BCUT2D eigenvalue weighted by atomic mass is 10.1. The molecule has 98 valence electrons. The number of aryl methyl sites for hydroxylation is 1. The molecule has 2 heterocycles. The van der Waals surface area contributed by atoms with Crippen LogP contribution < -0.4 is 11.0 Å². The minimum Gasteiger partial charge on any atom is -0.302 e. The lowest BCUT2D eigenvalue weighted by Gasteiger charge is -1.89. The van der Waals surface area contributed by atoms with Gasteiger partial charge in [-0.1, -0.05) is 18.2 Å². The number of carbonyl (C=O) groups excluding carboxylic acids is 1. The van der Waals surface area contributed by atoms with Crippen LogP contribution in [0, 0.1) is 6.92 Å². The summed E-state index contributed by atoms with van der Waals surface area (Å²) in [6.07, 6.45) is 8.60. The van der Waals surface area contributed by atoms with E-state index < -0.39 is 0 Å². The molecule has 0 fully saturated rings. The second-order valence-corrected chi connectivity index (χ2v) is 4.08. The molecule has 0 radical (unpaired) electrons. The van der Waals surface area contributed by atoms with E-state index >= 15 is 0 Å². The summed E-state index contributed by atoms with van der Waals surface area (Å²) in [4.78, 5) is 22.7. The Morgan fingerprint density at radius 1 is 1.05 bits per heavy atom. The van der Waals surface area contributed by atoms with Crippen molar-refractivity contribution in [3.8, 4) is 0 Å². The van der Waals surface area contributed by atoms with Gasteiger partial charge in [-0.25, -0.2) is 5.43 Å². The predicted octanol–water partition coefficient (Wildman–Crippen LogP) is 1.01. The van der Waals surface area contributed by atoms with E-state index in [1.165, 1.54) is 0 Å². The van der Waals surface area contributed by atoms with Crippen molar-refractivity contribution < 1.29 is 4.79 Å². The molecule has 1 aromatic heterocycles. The molecule has 6 heteroatoms. The molecule has 0 saturated heterocycles. The minimum atomic E-state index is -0.205. The molecule has 2 rings (SSSR count). The summed E-state index contributed by atoms with van der Waals surface area (Å²) >= 11 is 0. The zero-order chi connectivity index (χ0) is 13.8. The van der Waals surface area contributed by atoms with Crippen LogP contribution in [0.2, 0.25) is 0 Å². The molecular weight excluding hydrogens is 244 g/mol. The van der Waals surface area contributed by atoms with Crippen molar-refractivity contribution in [2.45, 2.75) is 13.8 Å². The number of rotatable bonds is 3. The highest BCUT2D eigenvalue weighted by Gasteiger charge is 2.16. The van der Waals surface area contributed by atoms with Gasteiger partial charge in [0, 0.05) is 5.69 Å². The summed E-state index contributed by atoms with van der Waals surface area (Å²) in [7, 11) is 0. The predicted molar refractivity (Wildman–Crippen MR) is 73.7 cm³/mol. The number of amides is 1. The molecule has 1 aliphatic heterocycles. The Hall–Kier alpha value is -2.63. The highest BCUT2D eigenvalue weighted by molar-refractivity contribution is 6.24. The SMILES string of the molecule is CC1=NNC(=O)\C1=C/C=C/C=C/c1c(C)[nH][nH]c1=O. The molecule has 1 aromatic rings. The van der Waals surface area contributed by atoms with Crippen molar-refractivity contribution in [2.24, 2.45) is 5.10 Å². The van der Waals surface area contributed by atoms with Gasteiger partial charge in [-0.2, -0.15) is 5.10 Å². The second kappa shape index (κ2) is 5.34. The van der Waals surface area contributed by atoms with Crippen LogP contribution in [-0.2, 0) is 4.79 Å². The first-order chi connectivity index (χ1) is 9.09. The van der Waals surface area contributed by atoms with Crippen molar-refractivity contribution in [2.75, 3.05) is 0 Å². The number of aromatic amines is 2. The van der Waals surface area contributed by atoms with Crippen LogP contribution in [0.4, 0.5) is 0 Å². The number of hydrazone groups is 1. The van der Waals surface area contributed by atoms with E-state index in [1.54, 1.807) is 37.3 Å². The van der Waals surface area contributed by atoms with E-state index in [2.05, 4.69) is 20.7 Å². The fraction of sp³-hybridized carbons (Fsp3) is 0.154. The van der Waals surface area contributed by atoms with Gasteiger partial charge in [0.15, 0.2) is 0 Å². The Bertz CT molecular complexity index is 671.